The molecule has 3 rings (SSSR count). The predicted molar refractivity (Wildman–Crippen MR) is 86.9 cm³/mol. The van der Waals surface area contributed by atoms with Crippen LogP contribution in [-0.4, -0.2) is 26.7 Å². The molecule has 1 amide bonds. The molecule has 2 atom stereocenters. The number of carbonyl (C=O) groups excluding carboxylic acids is 1. The molecule has 7 nitrogen and oxygen atoms in total. The fourth-order valence-electron chi connectivity index (χ4n) is 2.16. The first-order valence-corrected chi connectivity index (χ1v) is 7.61. The van der Waals surface area contributed by atoms with Crippen molar-refractivity contribution in [3.05, 3.63) is 60.9 Å². The van der Waals surface area contributed by atoms with Gasteiger partial charge >= 0.3 is 0 Å². The van der Waals surface area contributed by atoms with Crippen molar-refractivity contribution in [2.45, 2.75) is 25.9 Å². The predicted octanol–water partition coefficient (Wildman–Crippen LogP) is 3.04. The summed E-state index contributed by atoms with van der Waals surface area (Å²) in [4.78, 5) is 16.2. The summed E-state index contributed by atoms with van der Waals surface area (Å²) in [5.74, 6) is 0.797. The molecule has 7 heteroatoms. The molecule has 0 aliphatic rings. The highest BCUT2D eigenvalue weighted by Gasteiger charge is 2.20. The Labute approximate surface area is 139 Å². The second kappa shape index (κ2) is 6.99. The Balaban J connectivity index is 1.61. The molecule has 1 N–H and O–H groups in total. The maximum absolute atomic E-state index is 12.3. The van der Waals surface area contributed by atoms with Crippen molar-refractivity contribution in [3.8, 4) is 11.7 Å². The van der Waals surface area contributed by atoms with Crippen molar-refractivity contribution in [1.82, 2.24) is 20.1 Å². The summed E-state index contributed by atoms with van der Waals surface area (Å²) >= 11 is 0. The van der Waals surface area contributed by atoms with Gasteiger partial charge < -0.3 is 14.5 Å². The van der Waals surface area contributed by atoms with E-state index < -0.39 is 0 Å². The summed E-state index contributed by atoms with van der Waals surface area (Å²) in [5.41, 5.74) is 0. The number of nitrogens with one attached hydrogen (secondary N) is 1. The standard InChI is InChI=1S/C17H18N4O3/c1-12(13(2)21-11-18-10-19-21)20-17(22)15-8-9-16(24-15)23-14-6-4-3-5-7-14/h3-13H,1-2H3,(H,20,22)/t12-,13-/m0/s1. The minimum absolute atomic E-state index is 0.0357. The lowest BCUT2D eigenvalue weighted by Gasteiger charge is -2.20. The van der Waals surface area contributed by atoms with Crippen LogP contribution in [0.1, 0.15) is 30.4 Å². The highest BCUT2D eigenvalue weighted by atomic mass is 16.6. The van der Waals surface area contributed by atoms with E-state index in [1.165, 1.54) is 6.33 Å². The topological polar surface area (TPSA) is 82.2 Å². The van der Waals surface area contributed by atoms with Gasteiger partial charge in [-0.15, -0.1) is 0 Å². The molecule has 0 unspecified atom stereocenters. The number of amides is 1. The molecular formula is C17H18N4O3. The molecule has 2 aromatic heterocycles. The van der Waals surface area contributed by atoms with E-state index in [1.54, 1.807) is 23.1 Å². The molecular weight excluding hydrogens is 308 g/mol. The van der Waals surface area contributed by atoms with E-state index in [2.05, 4.69) is 15.4 Å². The van der Waals surface area contributed by atoms with Gasteiger partial charge in [0.2, 0.25) is 0 Å². The number of furan rings is 1. The highest BCUT2D eigenvalue weighted by Crippen LogP contribution is 2.23. The van der Waals surface area contributed by atoms with Crippen molar-refractivity contribution in [2.24, 2.45) is 0 Å². The summed E-state index contributed by atoms with van der Waals surface area (Å²) in [7, 11) is 0. The van der Waals surface area contributed by atoms with Crippen LogP contribution in [-0.2, 0) is 0 Å². The molecule has 0 spiro atoms. The van der Waals surface area contributed by atoms with Gasteiger partial charge in [-0.1, -0.05) is 18.2 Å². The zero-order valence-electron chi connectivity index (χ0n) is 13.4. The molecule has 0 saturated carbocycles. The Morgan fingerprint density at radius 2 is 2.00 bits per heavy atom. The third-order valence-electron chi connectivity index (χ3n) is 3.70. The van der Waals surface area contributed by atoms with Crippen LogP contribution in [0.2, 0.25) is 0 Å². The maximum Gasteiger partial charge on any atom is 0.290 e. The monoisotopic (exact) mass is 326 g/mol. The van der Waals surface area contributed by atoms with Gasteiger partial charge in [0.05, 0.1) is 6.04 Å². The summed E-state index contributed by atoms with van der Waals surface area (Å²) < 4.78 is 12.7. The lowest BCUT2D eigenvalue weighted by atomic mass is 10.1. The van der Waals surface area contributed by atoms with Crippen molar-refractivity contribution in [3.63, 3.8) is 0 Å². The van der Waals surface area contributed by atoms with Crippen LogP contribution in [0.4, 0.5) is 0 Å². The van der Waals surface area contributed by atoms with Gasteiger partial charge in [-0.3, -0.25) is 4.79 Å². The van der Waals surface area contributed by atoms with Crippen LogP contribution < -0.4 is 10.1 Å². The zero-order chi connectivity index (χ0) is 16.9. The van der Waals surface area contributed by atoms with Gasteiger partial charge in [0.1, 0.15) is 18.4 Å². The van der Waals surface area contributed by atoms with Crippen molar-refractivity contribution in [1.29, 1.82) is 0 Å². The summed E-state index contributed by atoms with van der Waals surface area (Å²) in [6.45, 7) is 3.85. The molecule has 0 bridgehead atoms. The number of carbonyl (C=O) groups is 1. The number of rotatable bonds is 6. The fourth-order valence-corrected chi connectivity index (χ4v) is 2.16. The van der Waals surface area contributed by atoms with Crippen LogP contribution in [0.25, 0.3) is 0 Å². The molecule has 0 saturated heterocycles. The molecule has 0 radical (unpaired) electrons. The average molecular weight is 326 g/mol. The van der Waals surface area contributed by atoms with E-state index in [9.17, 15) is 4.79 Å². The van der Waals surface area contributed by atoms with Gasteiger partial charge in [0.25, 0.3) is 11.9 Å². The highest BCUT2D eigenvalue weighted by molar-refractivity contribution is 5.91. The van der Waals surface area contributed by atoms with E-state index in [-0.39, 0.29) is 29.7 Å². The first-order valence-electron chi connectivity index (χ1n) is 7.61. The first kappa shape index (κ1) is 15.8. The second-order valence-corrected chi connectivity index (χ2v) is 5.41. The Morgan fingerprint density at radius 3 is 2.71 bits per heavy atom. The molecule has 3 aromatic rings. The van der Waals surface area contributed by atoms with Gasteiger partial charge in [-0.2, -0.15) is 5.10 Å². The number of ether oxygens (including phenoxy) is 1. The molecule has 0 fully saturated rings. The molecule has 24 heavy (non-hydrogen) atoms. The lowest BCUT2D eigenvalue weighted by molar-refractivity contribution is 0.0895. The maximum atomic E-state index is 12.3. The van der Waals surface area contributed by atoms with Crippen molar-refractivity contribution < 1.29 is 13.9 Å². The number of nitrogens with zero attached hydrogens (tertiary/aromatic N) is 3. The minimum atomic E-state index is -0.308. The third-order valence-corrected chi connectivity index (χ3v) is 3.70. The zero-order valence-corrected chi connectivity index (χ0v) is 13.4. The van der Waals surface area contributed by atoms with Gasteiger partial charge in [0.15, 0.2) is 5.76 Å². The van der Waals surface area contributed by atoms with E-state index in [0.717, 1.165) is 0 Å². The van der Waals surface area contributed by atoms with Crippen molar-refractivity contribution in [2.75, 3.05) is 0 Å². The molecule has 2 heterocycles. The molecule has 0 aliphatic heterocycles. The lowest BCUT2D eigenvalue weighted by Crippen LogP contribution is -2.38. The first-order chi connectivity index (χ1) is 11.6. The normalized spacial score (nSPS) is 13.2. The van der Waals surface area contributed by atoms with Crippen LogP contribution >= 0.6 is 0 Å². The van der Waals surface area contributed by atoms with Gasteiger partial charge in [-0.25, -0.2) is 9.67 Å². The van der Waals surface area contributed by atoms with Crippen LogP contribution in [0.5, 0.6) is 11.7 Å². The number of hydrogen-bond donors (Lipinski definition) is 1. The van der Waals surface area contributed by atoms with E-state index in [4.69, 9.17) is 9.15 Å². The van der Waals surface area contributed by atoms with Gasteiger partial charge in [0, 0.05) is 12.1 Å². The molecule has 124 valence electrons. The SMILES string of the molecule is C[C@H](NC(=O)c1ccc(Oc2ccccc2)o1)[C@H](C)n1cncn1. The van der Waals surface area contributed by atoms with E-state index >= 15 is 0 Å². The fraction of sp³-hybridized carbons (Fsp3) is 0.235. The van der Waals surface area contributed by atoms with Crippen LogP contribution in [0.15, 0.2) is 59.5 Å². The van der Waals surface area contributed by atoms with E-state index in [1.807, 2.05) is 44.2 Å². The minimum Gasteiger partial charge on any atom is -0.426 e. The summed E-state index contributed by atoms with van der Waals surface area (Å²) in [5, 5.41) is 6.96. The van der Waals surface area contributed by atoms with Crippen LogP contribution in [0.3, 0.4) is 0 Å². The summed E-state index contributed by atoms with van der Waals surface area (Å²) in [6, 6.07) is 12.3. The molecule has 0 aliphatic carbocycles. The average Bonchev–Trinajstić information content (AvgIpc) is 3.27. The molecule has 1 aromatic carbocycles. The second-order valence-electron chi connectivity index (χ2n) is 5.41. The van der Waals surface area contributed by atoms with Gasteiger partial charge in [-0.05, 0) is 32.0 Å². The Bertz CT molecular complexity index is 783. The third kappa shape index (κ3) is 3.62. The Kier molecular flexibility index (Phi) is 4.60. The summed E-state index contributed by atoms with van der Waals surface area (Å²) in [6.07, 6.45) is 3.08. The Morgan fingerprint density at radius 1 is 1.21 bits per heavy atom. The van der Waals surface area contributed by atoms with Crippen LogP contribution in [0, 0.1) is 0 Å². The number of para-hydroxylation sites is 1. The number of benzene rings is 1. The smallest absolute Gasteiger partial charge is 0.290 e. The number of aromatic nitrogens is 3. The largest absolute Gasteiger partial charge is 0.426 e. The van der Waals surface area contributed by atoms with E-state index in [0.29, 0.717) is 5.75 Å². The number of hydrogen-bond acceptors (Lipinski definition) is 5. The quantitative estimate of drug-likeness (QED) is 0.753. The van der Waals surface area contributed by atoms with Crippen molar-refractivity contribution >= 4 is 5.91 Å². The Hall–Kier alpha value is -3.09.